The van der Waals surface area contributed by atoms with E-state index in [0.717, 1.165) is 0 Å². The van der Waals surface area contributed by atoms with E-state index in [1.54, 1.807) is 25.1 Å². The van der Waals surface area contributed by atoms with E-state index in [2.05, 4.69) is 6.07 Å². The van der Waals surface area contributed by atoms with E-state index in [4.69, 9.17) is 19.5 Å². The van der Waals surface area contributed by atoms with Gasteiger partial charge in [-0.25, -0.2) is 0 Å². The van der Waals surface area contributed by atoms with Gasteiger partial charge in [0.25, 0.3) is 0 Å². The third-order valence-electron chi connectivity index (χ3n) is 2.46. The zero-order chi connectivity index (χ0) is 14.8. The molecule has 0 aliphatic carbocycles. The number of hydrogen-bond donors (Lipinski definition) is 0. The number of esters is 1. The molecule has 0 saturated heterocycles. The van der Waals surface area contributed by atoms with Crippen LogP contribution in [-0.2, 0) is 9.53 Å². The standard InChI is InChI=1S/C15H19NO4/c1-3-18-14-10-12(11-16)7-8-13(14)20-9-5-6-15(17)19-4-2/h7-8,10H,3-6,9H2,1-2H3. The summed E-state index contributed by atoms with van der Waals surface area (Å²) in [5.74, 6) is 0.901. The zero-order valence-corrected chi connectivity index (χ0v) is 11.8. The first-order valence-electron chi connectivity index (χ1n) is 6.66. The van der Waals surface area contributed by atoms with Crippen molar-refractivity contribution >= 4 is 5.97 Å². The maximum atomic E-state index is 11.2. The van der Waals surface area contributed by atoms with Gasteiger partial charge in [-0.1, -0.05) is 0 Å². The van der Waals surface area contributed by atoms with Crippen LogP contribution < -0.4 is 9.47 Å². The highest BCUT2D eigenvalue weighted by molar-refractivity contribution is 5.69. The second kappa shape index (κ2) is 8.81. The van der Waals surface area contributed by atoms with Crippen molar-refractivity contribution in [3.8, 4) is 17.6 Å². The molecule has 0 spiro atoms. The lowest BCUT2D eigenvalue weighted by Gasteiger charge is -2.11. The van der Waals surface area contributed by atoms with E-state index in [-0.39, 0.29) is 5.97 Å². The Balaban J connectivity index is 2.50. The quantitative estimate of drug-likeness (QED) is 0.539. The molecule has 1 aromatic rings. The summed E-state index contributed by atoms with van der Waals surface area (Å²) >= 11 is 0. The SMILES string of the molecule is CCOC(=O)CCCOc1ccc(C#N)cc1OCC. The molecule has 0 N–H and O–H groups in total. The fourth-order valence-corrected chi connectivity index (χ4v) is 1.60. The fraction of sp³-hybridized carbons (Fsp3) is 0.467. The predicted octanol–water partition coefficient (Wildman–Crippen LogP) is 2.68. The Kier molecular flexibility index (Phi) is 6.97. The molecule has 0 heterocycles. The minimum Gasteiger partial charge on any atom is -0.490 e. The van der Waals surface area contributed by atoms with Crippen molar-refractivity contribution in [1.82, 2.24) is 0 Å². The van der Waals surface area contributed by atoms with Crippen molar-refractivity contribution < 1.29 is 19.0 Å². The second-order valence-electron chi connectivity index (χ2n) is 3.96. The van der Waals surface area contributed by atoms with E-state index in [0.29, 0.717) is 49.7 Å². The van der Waals surface area contributed by atoms with Gasteiger partial charge < -0.3 is 14.2 Å². The van der Waals surface area contributed by atoms with Crippen LogP contribution in [0.5, 0.6) is 11.5 Å². The third kappa shape index (κ3) is 5.19. The maximum Gasteiger partial charge on any atom is 0.305 e. The first-order valence-corrected chi connectivity index (χ1v) is 6.66. The molecule has 108 valence electrons. The highest BCUT2D eigenvalue weighted by atomic mass is 16.5. The van der Waals surface area contributed by atoms with Crippen LogP contribution in [0.2, 0.25) is 0 Å². The van der Waals surface area contributed by atoms with E-state index in [1.165, 1.54) is 0 Å². The molecule has 1 aromatic carbocycles. The van der Waals surface area contributed by atoms with E-state index < -0.39 is 0 Å². The molecule has 5 nitrogen and oxygen atoms in total. The highest BCUT2D eigenvalue weighted by Crippen LogP contribution is 2.28. The van der Waals surface area contributed by atoms with Crippen molar-refractivity contribution in [3.63, 3.8) is 0 Å². The molecule has 0 fully saturated rings. The van der Waals surface area contributed by atoms with Gasteiger partial charge in [0.05, 0.1) is 31.5 Å². The Morgan fingerprint density at radius 1 is 1.20 bits per heavy atom. The maximum absolute atomic E-state index is 11.2. The molecule has 5 heteroatoms. The summed E-state index contributed by atoms with van der Waals surface area (Å²) < 4.78 is 15.8. The largest absolute Gasteiger partial charge is 0.490 e. The number of benzene rings is 1. The van der Waals surface area contributed by atoms with Gasteiger partial charge in [-0.2, -0.15) is 5.26 Å². The van der Waals surface area contributed by atoms with Gasteiger partial charge in [0.2, 0.25) is 0 Å². The number of nitriles is 1. The summed E-state index contributed by atoms with van der Waals surface area (Å²) in [5.41, 5.74) is 0.521. The topological polar surface area (TPSA) is 68.5 Å². The molecule has 20 heavy (non-hydrogen) atoms. The van der Waals surface area contributed by atoms with Crippen molar-refractivity contribution in [2.75, 3.05) is 19.8 Å². The lowest BCUT2D eigenvalue weighted by atomic mass is 10.2. The number of carbonyl (C=O) groups excluding carboxylic acids is 1. The summed E-state index contributed by atoms with van der Waals surface area (Å²) in [6.45, 7) is 4.92. The molecule has 0 aliphatic heterocycles. The van der Waals surface area contributed by atoms with Crippen LogP contribution in [0.4, 0.5) is 0 Å². The Bertz CT molecular complexity index is 479. The molecule has 0 saturated carbocycles. The van der Waals surface area contributed by atoms with E-state index in [1.807, 2.05) is 6.92 Å². The van der Waals surface area contributed by atoms with Crippen LogP contribution in [-0.4, -0.2) is 25.8 Å². The molecule has 1 rings (SSSR count). The summed E-state index contributed by atoms with van der Waals surface area (Å²) in [7, 11) is 0. The second-order valence-corrected chi connectivity index (χ2v) is 3.96. The molecule has 0 radical (unpaired) electrons. The minimum atomic E-state index is -0.221. The molecular formula is C15H19NO4. The highest BCUT2D eigenvalue weighted by Gasteiger charge is 2.07. The van der Waals surface area contributed by atoms with Gasteiger partial charge in [-0.3, -0.25) is 4.79 Å². The van der Waals surface area contributed by atoms with Crippen molar-refractivity contribution in [2.45, 2.75) is 26.7 Å². The van der Waals surface area contributed by atoms with Crippen LogP contribution in [0.25, 0.3) is 0 Å². The molecule has 0 bridgehead atoms. The van der Waals surface area contributed by atoms with Gasteiger partial charge in [0, 0.05) is 12.5 Å². The van der Waals surface area contributed by atoms with Gasteiger partial charge in [-0.05, 0) is 32.4 Å². The average molecular weight is 277 g/mol. The monoisotopic (exact) mass is 277 g/mol. The average Bonchev–Trinajstić information content (AvgIpc) is 2.45. The zero-order valence-electron chi connectivity index (χ0n) is 11.8. The van der Waals surface area contributed by atoms with Crippen molar-refractivity contribution in [1.29, 1.82) is 5.26 Å². The van der Waals surface area contributed by atoms with E-state index in [9.17, 15) is 4.79 Å². The van der Waals surface area contributed by atoms with Crippen LogP contribution in [0.3, 0.4) is 0 Å². The Morgan fingerprint density at radius 2 is 2.00 bits per heavy atom. The van der Waals surface area contributed by atoms with Gasteiger partial charge in [-0.15, -0.1) is 0 Å². The normalized spacial score (nSPS) is 9.65. The molecule has 0 aliphatic rings. The summed E-state index contributed by atoms with van der Waals surface area (Å²) in [4.78, 5) is 11.2. The van der Waals surface area contributed by atoms with Crippen molar-refractivity contribution in [2.24, 2.45) is 0 Å². The molecule has 0 aromatic heterocycles. The fourth-order valence-electron chi connectivity index (χ4n) is 1.60. The predicted molar refractivity (Wildman–Crippen MR) is 73.7 cm³/mol. The first-order chi connectivity index (χ1) is 9.71. The van der Waals surface area contributed by atoms with Crippen LogP contribution in [0, 0.1) is 11.3 Å². The number of rotatable bonds is 8. The minimum absolute atomic E-state index is 0.221. The number of carbonyl (C=O) groups is 1. The number of nitrogens with zero attached hydrogens (tertiary/aromatic N) is 1. The smallest absolute Gasteiger partial charge is 0.305 e. The van der Waals surface area contributed by atoms with Crippen LogP contribution in [0.15, 0.2) is 18.2 Å². The van der Waals surface area contributed by atoms with E-state index >= 15 is 0 Å². The first kappa shape index (κ1) is 15.8. The number of ether oxygens (including phenoxy) is 3. The summed E-state index contributed by atoms with van der Waals surface area (Å²) in [5, 5.41) is 8.85. The van der Waals surface area contributed by atoms with Crippen LogP contribution in [0.1, 0.15) is 32.3 Å². The Labute approximate surface area is 119 Å². The number of hydrogen-bond acceptors (Lipinski definition) is 5. The van der Waals surface area contributed by atoms with Gasteiger partial charge >= 0.3 is 5.97 Å². The summed E-state index contributed by atoms with van der Waals surface area (Å²) in [6, 6.07) is 7.07. The molecule has 0 atom stereocenters. The van der Waals surface area contributed by atoms with Gasteiger partial charge in [0.1, 0.15) is 0 Å². The molecule has 0 unspecified atom stereocenters. The molecule has 0 amide bonds. The van der Waals surface area contributed by atoms with Crippen molar-refractivity contribution in [3.05, 3.63) is 23.8 Å². The van der Waals surface area contributed by atoms with Crippen LogP contribution >= 0.6 is 0 Å². The Morgan fingerprint density at radius 3 is 2.65 bits per heavy atom. The Hall–Kier alpha value is -2.22. The molecular weight excluding hydrogens is 258 g/mol. The lowest BCUT2D eigenvalue weighted by Crippen LogP contribution is -2.07. The third-order valence-corrected chi connectivity index (χ3v) is 2.46. The summed E-state index contributed by atoms with van der Waals surface area (Å²) in [6.07, 6.45) is 0.901. The van der Waals surface area contributed by atoms with Gasteiger partial charge in [0.15, 0.2) is 11.5 Å². The lowest BCUT2D eigenvalue weighted by molar-refractivity contribution is -0.143.